The lowest BCUT2D eigenvalue weighted by atomic mass is 10.2. The maximum Gasteiger partial charge on any atom is 0.343 e. The molecular formula is C22H29N7O2. The summed E-state index contributed by atoms with van der Waals surface area (Å²) in [5.74, 6) is 1.19. The SMILES string of the molecule is CCN1C(=O)N(C)c2cnc(Nc3ccc(N(C)C(C)=O)cc3)nc2N1C1CCCC1. The topological polar surface area (TPSA) is 84.9 Å². The van der Waals surface area contributed by atoms with Crippen LogP contribution in [0.3, 0.4) is 0 Å². The number of benzene rings is 1. The van der Waals surface area contributed by atoms with Crippen molar-refractivity contribution < 1.29 is 9.59 Å². The lowest BCUT2D eigenvalue weighted by molar-refractivity contribution is -0.116. The van der Waals surface area contributed by atoms with Gasteiger partial charge in [-0.2, -0.15) is 4.98 Å². The van der Waals surface area contributed by atoms with Crippen LogP contribution in [-0.2, 0) is 4.79 Å². The van der Waals surface area contributed by atoms with Gasteiger partial charge in [-0.15, -0.1) is 0 Å². The summed E-state index contributed by atoms with van der Waals surface area (Å²) in [6, 6.07) is 7.73. The van der Waals surface area contributed by atoms with Gasteiger partial charge in [0.15, 0.2) is 5.82 Å². The zero-order chi connectivity index (χ0) is 22.1. The summed E-state index contributed by atoms with van der Waals surface area (Å²) in [6.07, 6.45) is 6.12. The molecule has 1 fully saturated rings. The average Bonchev–Trinajstić information content (AvgIpc) is 3.30. The van der Waals surface area contributed by atoms with Gasteiger partial charge in [-0.05, 0) is 44.0 Å². The van der Waals surface area contributed by atoms with E-state index in [0.29, 0.717) is 18.2 Å². The summed E-state index contributed by atoms with van der Waals surface area (Å²) in [7, 11) is 3.50. The van der Waals surface area contributed by atoms with Crippen molar-refractivity contribution in [1.82, 2.24) is 15.0 Å². The van der Waals surface area contributed by atoms with Gasteiger partial charge in [0.25, 0.3) is 0 Å². The second kappa shape index (κ2) is 8.41. The highest BCUT2D eigenvalue weighted by Crippen LogP contribution is 2.38. The first-order chi connectivity index (χ1) is 14.9. The number of nitrogens with one attached hydrogen (secondary N) is 1. The fraction of sp³-hybridized carbons (Fsp3) is 0.455. The molecule has 1 N–H and O–H groups in total. The van der Waals surface area contributed by atoms with Crippen LogP contribution in [0, 0.1) is 0 Å². The third kappa shape index (κ3) is 3.87. The Kier molecular flexibility index (Phi) is 5.67. The standard InChI is InChI=1S/C22H29N7O2/c1-5-28-22(31)27(4)19-14-23-21(25-20(19)29(28)18-8-6-7-9-18)24-16-10-12-17(13-11-16)26(3)15(2)30/h10-14,18H,5-9H2,1-4H3,(H,23,24,25). The van der Waals surface area contributed by atoms with Gasteiger partial charge < -0.3 is 10.2 Å². The van der Waals surface area contributed by atoms with Crippen molar-refractivity contribution >= 4 is 40.8 Å². The molecule has 9 nitrogen and oxygen atoms in total. The predicted molar refractivity (Wildman–Crippen MR) is 122 cm³/mol. The zero-order valence-corrected chi connectivity index (χ0v) is 18.5. The molecule has 164 valence electrons. The third-order valence-corrected chi connectivity index (χ3v) is 6.05. The second-order valence-electron chi connectivity index (χ2n) is 7.99. The molecule has 2 aliphatic rings. The van der Waals surface area contributed by atoms with Gasteiger partial charge in [-0.3, -0.25) is 14.7 Å². The minimum absolute atomic E-state index is 0.0233. The number of hydrogen-bond donors (Lipinski definition) is 1. The van der Waals surface area contributed by atoms with Gasteiger partial charge in [-0.1, -0.05) is 12.8 Å². The molecule has 3 amide bonds. The predicted octanol–water partition coefficient (Wildman–Crippen LogP) is 3.76. The normalized spacial score (nSPS) is 16.5. The van der Waals surface area contributed by atoms with E-state index in [1.807, 2.05) is 31.2 Å². The summed E-state index contributed by atoms with van der Waals surface area (Å²) in [5.41, 5.74) is 2.35. The molecule has 1 saturated carbocycles. The summed E-state index contributed by atoms with van der Waals surface area (Å²) in [6.45, 7) is 4.10. The highest BCUT2D eigenvalue weighted by Gasteiger charge is 2.39. The first-order valence-electron chi connectivity index (χ1n) is 10.7. The number of amides is 3. The first-order valence-corrected chi connectivity index (χ1v) is 10.7. The lowest BCUT2D eigenvalue weighted by Crippen LogP contribution is -2.59. The van der Waals surface area contributed by atoms with Crippen LogP contribution in [0.5, 0.6) is 0 Å². The molecule has 0 unspecified atom stereocenters. The van der Waals surface area contributed by atoms with Crippen LogP contribution < -0.4 is 20.1 Å². The minimum atomic E-state index is -0.0589. The van der Waals surface area contributed by atoms with Gasteiger partial charge in [0.2, 0.25) is 11.9 Å². The Morgan fingerprint density at radius 1 is 1.23 bits per heavy atom. The van der Waals surface area contributed by atoms with Crippen LogP contribution in [0.2, 0.25) is 0 Å². The Hall–Kier alpha value is -3.36. The average molecular weight is 424 g/mol. The number of rotatable bonds is 5. The number of urea groups is 1. The lowest BCUT2D eigenvalue weighted by Gasteiger charge is -2.45. The molecule has 0 atom stereocenters. The van der Waals surface area contributed by atoms with Crippen LogP contribution in [0.4, 0.5) is 33.6 Å². The molecule has 31 heavy (non-hydrogen) atoms. The van der Waals surface area contributed by atoms with Gasteiger partial charge in [0, 0.05) is 38.9 Å². The van der Waals surface area contributed by atoms with Crippen molar-refractivity contribution in [3.8, 4) is 0 Å². The monoisotopic (exact) mass is 423 g/mol. The molecule has 0 radical (unpaired) electrons. The van der Waals surface area contributed by atoms with E-state index < -0.39 is 0 Å². The Labute approximate surface area is 182 Å². The van der Waals surface area contributed by atoms with Crippen LogP contribution in [0.15, 0.2) is 30.5 Å². The summed E-state index contributed by atoms with van der Waals surface area (Å²) >= 11 is 0. The van der Waals surface area contributed by atoms with Crippen molar-refractivity contribution in [1.29, 1.82) is 0 Å². The van der Waals surface area contributed by atoms with E-state index in [4.69, 9.17) is 4.98 Å². The Bertz CT molecular complexity index is 972. The molecule has 0 bridgehead atoms. The van der Waals surface area contributed by atoms with E-state index in [1.165, 1.54) is 6.92 Å². The maximum atomic E-state index is 12.9. The smallest absolute Gasteiger partial charge is 0.324 e. The van der Waals surface area contributed by atoms with E-state index in [9.17, 15) is 9.59 Å². The second-order valence-corrected chi connectivity index (χ2v) is 7.99. The highest BCUT2D eigenvalue weighted by molar-refractivity contribution is 5.98. The minimum Gasteiger partial charge on any atom is -0.324 e. The molecule has 1 aliphatic carbocycles. The number of aromatic nitrogens is 2. The number of fused-ring (bicyclic) bond motifs is 1. The van der Waals surface area contributed by atoms with E-state index in [2.05, 4.69) is 15.3 Å². The van der Waals surface area contributed by atoms with Crippen LogP contribution in [0.1, 0.15) is 39.5 Å². The van der Waals surface area contributed by atoms with E-state index in [1.54, 1.807) is 35.1 Å². The summed E-state index contributed by atoms with van der Waals surface area (Å²) < 4.78 is 0. The van der Waals surface area contributed by atoms with Crippen LogP contribution >= 0.6 is 0 Å². The van der Waals surface area contributed by atoms with Crippen LogP contribution in [0.25, 0.3) is 0 Å². The van der Waals surface area contributed by atoms with E-state index in [-0.39, 0.29) is 18.0 Å². The van der Waals surface area contributed by atoms with Crippen molar-refractivity contribution in [3.05, 3.63) is 30.5 Å². The number of carbonyl (C=O) groups is 2. The van der Waals surface area contributed by atoms with Gasteiger partial charge >= 0.3 is 6.03 Å². The molecule has 4 rings (SSSR count). The Morgan fingerprint density at radius 2 is 1.90 bits per heavy atom. The number of carbonyl (C=O) groups excluding carboxylic acids is 2. The van der Waals surface area contributed by atoms with Crippen molar-refractivity contribution in [2.45, 2.75) is 45.6 Å². The fourth-order valence-electron chi connectivity index (χ4n) is 4.20. The molecule has 1 aliphatic heterocycles. The molecule has 2 aromatic rings. The molecule has 1 aromatic carbocycles. The number of anilines is 5. The van der Waals surface area contributed by atoms with E-state index in [0.717, 1.165) is 42.9 Å². The van der Waals surface area contributed by atoms with Crippen molar-refractivity contribution in [2.75, 3.05) is 40.8 Å². The number of nitrogens with zero attached hydrogens (tertiary/aromatic N) is 6. The first kappa shape index (κ1) is 20.9. The van der Waals surface area contributed by atoms with Crippen molar-refractivity contribution in [2.24, 2.45) is 0 Å². The molecule has 1 aromatic heterocycles. The molecular weight excluding hydrogens is 394 g/mol. The Morgan fingerprint density at radius 3 is 2.52 bits per heavy atom. The summed E-state index contributed by atoms with van der Waals surface area (Å²) in [5, 5.41) is 7.10. The third-order valence-electron chi connectivity index (χ3n) is 6.05. The van der Waals surface area contributed by atoms with Gasteiger partial charge in [0.05, 0.1) is 12.2 Å². The van der Waals surface area contributed by atoms with Gasteiger partial charge in [0.1, 0.15) is 5.69 Å². The zero-order valence-electron chi connectivity index (χ0n) is 18.5. The molecule has 2 heterocycles. The van der Waals surface area contributed by atoms with Gasteiger partial charge in [-0.25, -0.2) is 14.8 Å². The summed E-state index contributed by atoms with van der Waals surface area (Å²) in [4.78, 5) is 36.9. The Balaban J connectivity index is 1.64. The number of hydrazine groups is 1. The maximum absolute atomic E-state index is 12.9. The quantitative estimate of drug-likeness (QED) is 0.788. The molecule has 0 saturated heterocycles. The van der Waals surface area contributed by atoms with Crippen molar-refractivity contribution in [3.63, 3.8) is 0 Å². The molecule has 0 spiro atoms. The van der Waals surface area contributed by atoms with E-state index >= 15 is 0 Å². The fourth-order valence-corrected chi connectivity index (χ4v) is 4.20. The molecule has 9 heteroatoms. The highest BCUT2D eigenvalue weighted by atomic mass is 16.2. The van der Waals surface area contributed by atoms with Crippen LogP contribution in [-0.4, -0.2) is 53.6 Å². The number of hydrogen-bond acceptors (Lipinski definition) is 6. The largest absolute Gasteiger partial charge is 0.343 e.